The van der Waals surface area contributed by atoms with Crippen LogP contribution in [0.1, 0.15) is 12.8 Å². The third-order valence-electron chi connectivity index (χ3n) is 1.77. The number of amides is 2. The van der Waals surface area contributed by atoms with Crippen molar-refractivity contribution in [1.29, 1.82) is 0 Å². The number of carboxylic acids is 1. The highest BCUT2D eigenvalue weighted by Crippen LogP contribution is 1.97. The molecule has 0 rings (SSSR count). The Morgan fingerprint density at radius 2 is 2.07 bits per heavy atom. The lowest BCUT2D eigenvalue weighted by Crippen LogP contribution is -2.40. The van der Waals surface area contributed by atoms with Crippen molar-refractivity contribution in [2.24, 2.45) is 0 Å². The molecule has 0 heterocycles. The van der Waals surface area contributed by atoms with E-state index in [2.05, 4.69) is 5.32 Å². The number of nitrogens with zero attached hydrogens (tertiary/aromatic N) is 1. The predicted octanol–water partition coefficient (Wildman–Crippen LogP) is 0.856. The number of aliphatic carboxylic acids is 1. The van der Waals surface area contributed by atoms with Crippen molar-refractivity contribution in [3.05, 3.63) is 0 Å². The summed E-state index contributed by atoms with van der Waals surface area (Å²) in [7, 11) is 1.46. The zero-order chi connectivity index (χ0) is 11.7. The number of urea groups is 1. The summed E-state index contributed by atoms with van der Waals surface area (Å²) in [6, 6.07) is -0.332. The molecule has 0 spiro atoms. The molecule has 88 valence electrons. The van der Waals surface area contributed by atoms with E-state index >= 15 is 0 Å². The molecule has 0 saturated carbocycles. The van der Waals surface area contributed by atoms with Gasteiger partial charge in [0.05, 0.1) is 0 Å². The summed E-state index contributed by atoms with van der Waals surface area (Å²) in [5.41, 5.74) is 0. The van der Waals surface area contributed by atoms with E-state index < -0.39 is 5.97 Å². The Kier molecular flexibility index (Phi) is 7.89. The predicted molar refractivity (Wildman–Crippen MR) is 61.3 cm³/mol. The van der Waals surface area contributed by atoms with E-state index in [0.717, 1.165) is 23.5 Å². The van der Waals surface area contributed by atoms with Gasteiger partial charge in [-0.15, -0.1) is 0 Å². The van der Waals surface area contributed by atoms with Gasteiger partial charge in [-0.05, 0) is 24.9 Å². The molecule has 2 amide bonds. The van der Waals surface area contributed by atoms with Gasteiger partial charge in [0, 0.05) is 13.6 Å². The quantitative estimate of drug-likeness (QED) is 0.641. The molecule has 0 saturated heterocycles. The van der Waals surface area contributed by atoms with Crippen LogP contribution in [0, 0.1) is 0 Å². The Morgan fingerprint density at radius 1 is 1.40 bits per heavy atom. The number of likely N-dealkylation sites (N-methyl/N-ethyl adjacent to an activating group) is 1. The van der Waals surface area contributed by atoms with E-state index in [0.29, 0.717) is 6.54 Å². The lowest BCUT2D eigenvalue weighted by molar-refractivity contribution is -0.137. The lowest BCUT2D eigenvalue weighted by Gasteiger charge is -2.15. The first-order valence-electron chi connectivity index (χ1n) is 4.77. The van der Waals surface area contributed by atoms with Crippen LogP contribution in [0.25, 0.3) is 0 Å². The van der Waals surface area contributed by atoms with Gasteiger partial charge in [0.25, 0.3) is 0 Å². The number of carboxylic acid groups (broad SMARTS) is 1. The highest BCUT2D eigenvalue weighted by Gasteiger charge is 2.10. The molecule has 0 atom stereocenters. The molecule has 0 aromatic rings. The molecular formula is C9H18N2O3S. The Morgan fingerprint density at radius 3 is 2.60 bits per heavy atom. The van der Waals surface area contributed by atoms with E-state index in [1.807, 2.05) is 6.26 Å². The highest BCUT2D eigenvalue weighted by atomic mass is 32.2. The van der Waals surface area contributed by atoms with E-state index in [1.54, 1.807) is 11.8 Å². The number of unbranched alkanes of at least 4 members (excludes halogenated alkanes) is 1. The maximum atomic E-state index is 11.3. The van der Waals surface area contributed by atoms with Crippen LogP contribution in [0.4, 0.5) is 4.79 Å². The van der Waals surface area contributed by atoms with Gasteiger partial charge in [-0.2, -0.15) is 11.8 Å². The second kappa shape index (κ2) is 8.40. The molecule has 15 heavy (non-hydrogen) atoms. The van der Waals surface area contributed by atoms with Crippen molar-refractivity contribution >= 4 is 23.8 Å². The second-order valence-electron chi connectivity index (χ2n) is 3.18. The largest absolute Gasteiger partial charge is 0.480 e. The average Bonchev–Trinajstić information content (AvgIpc) is 2.16. The number of carbonyl (C=O) groups is 2. The SMILES string of the molecule is CSCCCCNC(=O)N(C)CC(=O)O. The minimum absolute atomic E-state index is 0.267. The summed E-state index contributed by atoms with van der Waals surface area (Å²) >= 11 is 1.77. The van der Waals surface area contributed by atoms with Gasteiger partial charge in [0.1, 0.15) is 6.54 Å². The standard InChI is InChI=1S/C9H18N2O3S/c1-11(7-8(12)13)9(14)10-5-3-4-6-15-2/h3-7H2,1-2H3,(H,10,14)(H,12,13). The third-order valence-corrected chi connectivity index (χ3v) is 2.47. The molecule has 2 N–H and O–H groups in total. The molecule has 0 aliphatic carbocycles. The zero-order valence-corrected chi connectivity index (χ0v) is 9.97. The van der Waals surface area contributed by atoms with Crippen LogP contribution < -0.4 is 5.32 Å². The third kappa shape index (κ3) is 8.11. The number of rotatable bonds is 7. The lowest BCUT2D eigenvalue weighted by atomic mass is 10.3. The van der Waals surface area contributed by atoms with Crippen LogP contribution in [-0.2, 0) is 4.79 Å². The molecule has 5 nitrogen and oxygen atoms in total. The van der Waals surface area contributed by atoms with Crippen molar-refractivity contribution in [1.82, 2.24) is 10.2 Å². The van der Waals surface area contributed by atoms with Gasteiger partial charge in [-0.25, -0.2) is 4.79 Å². The van der Waals surface area contributed by atoms with Gasteiger partial charge in [0.15, 0.2) is 0 Å². The smallest absolute Gasteiger partial charge is 0.323 e. The Hall–Kier alpha value is -0.910. The number of hydrogen-bond acceptors (Lipinski definition) is 3. The molecule has 0 aliphatic rings. The fourth-order valence-electron chi connectivity index (χ4n) is 0.976. The van der Waals surface area contributed by atoms with Crippen molar-refractivity contribution in [3.8, 4) is 0 Å². The molecule has 0 aliphatic heterocycles. The summed E-state index contributed by atoms with van der Waals surface area (Å²) in [5.74, 6) is 0.0796. The maximum Gasteiger partial charge on any atom is 0.323 e. The fraction of sp³-hybridized carbons (Fsp3) is 0.778. The first kappa shape index (κ1) is 14.1. The molecule has 0 bridgehead atoms. The van der Waals surface area contributed by atoms with E-state index in [-0.39, 0.29) is 12.6 Å². The Balaban J connectivity index is 3.51. The molecule has 0 aromatic heterocycles. The fourth-order valence-corrected chi connectivity index (χ4v) is 1.47. The van der Waals surface area contributed by atoms with Crippen molar-refractivity contribution in [3.63, 3.8) is 0 Å². The summed E-state index contributed by atoms with van der Waals surface area (Å²) in [6.07, 6.45) is 4.02. The summed E-state index contributed by atoms with van der Waals surface area (Å²) in [4.78, 5) is 22.7. The zero-order valence-electron chi connectivity index (χ0n) is 9.15. The summed E-state index contributed by atoms with van der Waals surface area (Å²) in [5, 5.41) is 11.1. The maximum absolute atomic E-state index is 11.3. The highest BCUT2D eigenvalue weighted by molar-refractivity contribution is 7.98. The average molecular weight is 234 g/mol. The van der Waals surface area contributed by atoms with Gasteiger partial charge in [-0.1, -0.05) is 0 Å². The van der Waals surface area contributed by atoms with Gasteiger partial charge in [-0.3, -0.25) is 4.79 Å². The Bertz CT molecular complexity index is 212. The van der Waals surface area contributed by atoms with Crippen molar-refractivity contribution in [2.75, 3.05) is 32.1 Å². The molecule has 0 radical (unpaired) electrons. The summed E-state index contributed by atoms with van der Waals surface area (Å²) < 4.78 is 0. The van der Waals surface area contributed by atoms with Gasteiger partial charge >= 0.3 is 12.0 Å². The monoisotopic (exact) mass is 234 g/mol. The van der Waals surface area contributed by atoms with Gasteiger partial charge in [0.2, 0.25) is 0 Å². The van der Waals surface area contributed by atoms with Crippen LogP contribution in [0.15, 0.2) is 0 Å². The minimum atomic E-state index is -1.00. The second-order valence-corrected chi connectivity index (χ2v) is 4.17. The van der Waals surface area contributed by atoms with Crippen LogP contribution in [0.3, 0.4) is 0 Å². The van der Waals surface area contributed by atoms with E-state index in [1.165, 1.54) is 7.05 Å². The topological polar surface area (TPSA) is 69.6 Å². The first-order valence-corrected chi connectivity index (χ1v) is 6.17. The normalized spacial score (nSPS) is 9.73. The van der Waals surface area contributed by atoms with E-state index in [9.17, 15) is 9.59 Å². The minimum Gasteiger partial charge on any atom is -0.480 e. The van der Waals surface area contributed by atoms with Crippen LogP contribution in [0.5, 0.6) is 0 Å². The number of hydrogen-bond donors (Lipinski definition) is 2. The van der Waals surface area contributed by atoms with Crippen LogP contribution in [0.2, 0.25) is 0 Å². The molecule has 0 aromatic carbocycles. The van der Waals surface area contributed by atoms with Crippen LogP contribution in [-0.4, -0.2) is 54.2 Å². The van der Waals surface area contributed by atoms with Crippen molar-refractivity contribution in [2.45, 2.75) is 12.8 Å². The first-order chi connectivity index (χ1) is 7.07. The van der Waals surface area contributed by atoms with Crippen molar-refractivity contribution < 1.29 is 14.7 Å². The number of thioether (sulfide) groups is 1. The molecular weight excluding hydrogens is 216 g/mol. The molecule has 6 heteroatoms. The number of carbonyl (C=O) groups excluding carboxylic acids is 1. The molecule has 0 unspecified atom stereocenters. The molecule has 0 fully saturated rings. The Labute approximate surface area is 94.2 Å². The van der Waals surface area contributed by atoms with E-state index in [4.69, 9.17) is 5.11 Å². The summed E-state index contributed by atoms with van der Waals surface area (Å²) in [6.45, 7) is 0.333. The van der Waals surface area contributed by atoms with Gasteiger partial charge < -0.3 is 15.3 Å². The van der Waals surface area contributed by atoms with Crippen LogP contribution >= 0.6 is 11.8 Å². The number of nitrogens with one attached hydrogen (secondary N) is 1.